The minimum Gasteiger partial charge on any atom is -0.468 e. The lowest BCUT2D eigenvalue weighted by Gasteiger charge is -2.25. The van der Waals surface area contributed by atoms with Gasteiger partial charge in [-0.3, -0.25) is 9.59 Å². The molecule has 1 aromatic carbocycles. The van der Waals surface area contributed by atoms with Crippen molar-refractivity contribution in [3.63, 3.8) is 0 Å². The van der Waals surface area contributed by atoms with Gasteiger partial charge in [0.1, 0.15) is 6.54 Å². The van der Waals surface area contributed by atoms with E-state index in [1.807, 2.05) is 38.1 Å². The van der Waals surface area contributed by atoms with Crippen molar-refractivity contribution in [1.29, 1.82) is 0 Å². The molecule has 146 valence electrons. The Morgan fingerprint density at radius 2 is 1.81 bits per heavy atom. The van der Waals surface area contributed by atoms with E-state index < -0.39 is 5.97 Å². The molecule has 7 heteroatoms. The molecule has 2 rings (SSSR count). The second-order valence-corrected chi connectivity index (χ2v) is 6.98. The van der Waals surface area contributed by atoms with Crippen LogP contribution >= 0.6 is 0 Å². The number of esters is 1. The van der Waals surface area contributed by atoms with Crippen LogP contribution in [0, 0.1) is 0 Å². The molecule has 0 bridgehead atoms. The Bertz CT molecular complexity index is 766. The van der Waals surface area contributed by atoms with Crippen LogP contribution < -0.4 is 0 Å². The van der Waals surface area contributed by atoms with Crippen molar-refractivity contribution in [2.24, 2.45) is 0 Å². The molecule has 27 heavy (non-hydrogen) atoms. The lowest BCUT2D eigenvalue weighted by Crippen LogP contribution is -2.41. The van der Waals surface area contributed by atoms with Crippen LogP contribution in [-0.4, -0.2) is 46.6 Å². The quantitative estimate of drug-likeness (QED) is 0.661. The number of aryl methyl sites for hydroxylation is 1. The molecule has 0 radical (unpaired) electrons. The first-order valence-corrected chi connectivity index (χ1v) is 9.11. The second kappa shape index (κ2) is 9.30. The molecule has 0 saturated heterocycles. The van der Waals surface area contributed by atoms with Crippen LogP contribution in [0.5, 0.6) is 0 Å². The molecule has 0 spiro atoms. The summed E-state index contributed by atoms with van der Waals surface area (Å²) < 4.78 is 9.91. The minimum atomic E-state index is -0.443. The third-order valence-electron chi connectivity index (χ3n) is 4.33. The van der Waals surface area contributed by atoms with Crippen molar-refractivity contribution in [3.05, 3.63) is 35.7 Å². The Hall–Kier alpha value is -2.70. The lowest BCUT2D eigenvalue weighted by atomic mass is 10.0. The average molecular weight is 373 g/mol. The highest BCUT2D eigenvalue weighted by Crippen LogP contribution is 2.21. The molecule has 1 heterocycles. The molecule has 0 saturated carbocycles. The number of aromatic nitrogens is 2. The lowest BCUT2D eigenvalue weighted by molar-refractivity contribution is -0.148. The van der Waals surface area contributed by atoms with Crippen LogP contribution in [-0.2, 0) is 20.7 Å². The van der Waals surface area contributed by atoms with Gasteiger partial charge in [0.25, 0.3) is 0 Å². The van der Waals surface area contributed by atoms with E-state index in [1.165, 1.54) is 17.6 Å². The van der Waals surface area contributed by atoms with E-state index in [0.29, 0.717) is 24.1 Å². The molecule has 7 nitrogen and oxygen atoms in total. The SMILES string of the molecule is COC(=O)CN(C(=O)CCc1nc(-c2ccc(C(C)C)cc2)no1)C(C)C. The van der Waals surface area contributed by atoms with Gasteiger partial charge >= 0.3 is 5.97 Å². The zero-order valence-electron chi connectivity index (χ0n) is 16.6. The largest absolute Gasteiger partial charge is 0.468 e. The number of amides is 1. The van der Waals surface area contributed by atoms with E-state index in [-0.39, 0.29) is 24.9 Å². The first-order chi connectivity index (χ1) is 12.8. The number of rotatable bonds is 8. The number of carbonyl (C=O) groups excluding carboxylic acids is 2. The van der Waals surface area contributed by atoms with E-state index in [4.69, 9.17) is 4.52 Å². The number of ether oxygens (including phenoxy) is 1. The standard InChI is InChI=1S/C20H27N3O4/c1-13(2)15-6-8-16(9-7-15)20-21-17(27-22-20)10-11-18(24)23(14(3)4)12-19(25)26-5/h6-9,13-14H,10-12H2,1-5H3. The Morgan fingerprint density at radius 3 is 2.37 bits per heavy atom. The van der Waals surface area contributed by atoms with E-state index in [0.717, 1.165) is 5.56 Å². The molecule has 0 fully saturated rings. The number of hydrogen-bond donors (Lipinski definition) is 0. The van der Waals surface area contributed by atoms with Crippen LogP contribution in [0.25, 0.3) is 11.4 Å². The Kier molecular flexibility index (Phi) is 7.10. The van der Waals surface area contributed by atoms with Crippen LogP contribution in [0.3, 0.4) is 0 Å². The number of nitrogens with zero attached hydrogens (tertiary/aromatic N) is 3. The summed E-state index contributed by atoms with van der Waals surface area (Å²) in [5.74, 6) is 0.759. The topological polar surface area (TPSA) is 85.5 Å². The van der Waals surface area contributed by atoms with Crippen molar-refractivity contribution in [1.82, 2.24) is 15.0 Å². The fourth-order valence-corrected chi connectivity index (χ4v) is 2.61. The smallest absolute Gasteiger partial charge is 0.325 e. The average Bonchev–Trinajstić information content (AvgIpc) is 3.12. The molecular formula is C20H27N3O4. The maximum Gasteiger partial charge on any atom is 0.325 e. The second-order valence-electron chi connectivity index (χ2n) is 6.98. The first-order valence-electron chi connectivity index (χ1n) is 9.11. The molecule has 0 aliphatic carbocycles. The number of methoxy groups -OCH3 is 1. The molecular weight excluding hydrogens is 346 g/mol. The van der Waals surface area contributed by atoms with Gasteiger partial charge in [0.2, 0.25) is 17.6 Å². The number of benzene rings is 1. The van der Waals surface area contributed by atoms with E-state index in [2.05, 4.69) is 28.7 Å². The maximum atomic E-state index is 12.4. The van der Waals surface area contributed by atoms with Crippen LogP contribution in [0.1, 0.15) is 51.5 Å². The summed E-state index contributed by atoms with van der Waals surface area (Å²) in [7, 11) is 1.30. The van der Waals surface area contributed by atoms with Crippen molar-refractivity contribution in [2.45, 2.75) is 52.5 Å². The maximum absolute atomic E-state index is 12.4. The predicted octanol–water partition coefficient (Wildman–Crippen LogP) is 3.20. The van der Waals surface area contributed by atoms with Gasteiger partial charge in [-0.2, -0.15) is 4.98 Å². The summed E-state index contributed by atoms with van der Waals surface area (Å²) >= 11 is 0. The molecule has 0 N–H and O–H groups in total. The Morgan fingerprint density at radius 1 is 1.15 bits per heavy atom. The normalized spacial score (nSPS) is 11.1. The Balaban J connectivity index is 1.98. The van der Waals surface area contributed by atoms with Gasteiger partial charge in [0.05, 0.1) is 7.11 Å². The van der Waals surface area contributed by atoms with E-state index >= 15 is 0 Å². The summed E-state index contributed by atoms with van der Waals surface area (Å²) in [6.45, 7) is 7.92. The van der Waals surface area contributed by atoms with Gasteiger partial charge in [-0.1, -0.05) is 43.3 Å². The fraction of sp³-hybridized carbons (Fsp3) is 0.500. The molecule has 0 aliphatic heterocycles. The van der Waals surface area contributed by atoms with Crippen LogP contribution in [0.2, 0.25) is 0 Å². The summed E-state index contributed by atoms with van der Waals surface area (Å²) in [6.07, 6.45) is 0.503. The summed E-state index contributed by atoms with van der Waals surface area (Å²) in [5.41, 5.74) is 2.11. The van der Waals surface area contributed by atoms with Gasteiger partial charge < -0.3 is 14.2 Å². The zero-order chi connectivity index (χ0) is 20.0. The van der Waals surface area contributed by atoms with Crippen molar-refractivity contribution >= 4 is 11.9 Å². The van der Waals surface area contributed by atoms with Gasteiger partial charge in [-0.15, -0.1) is 0 Å². The zero-order valence-corrected chi connectivity index (χ0v) is 16.6. The first kappa shape index (κ1) is 20.6. The molecule has 0 unspecified atom stereocenters. The van der Waals surface area contributed by atoms with E-state index in [1.54, 1.807) is 0 Å². The van der Waals surface area contributed by atoms with Gasteiger partial charge in [0, 0.05) is 24.4 Å². The molecule has 1 amide bonds. The number of carbonyl (C=O) groups is 2. The van der Waals surface area contributed by atoms with Gasteiger partial charge in [-0.05, 0) is 25.3 Å². The molecule has 2 aromatic rings. The highest BCUT2D eigenvalue weighted by atomic mass is 16.5. The predicted molar refractivity (Wildman–Crippen MR) is 101 cm³/mol. The van der Waals surface area contributed by atoms with E-state index in [9.17, 15) is 9.59 Å². The summed E-state index contributed by atoms with van der Waals surface area (Å²) in [5, 5.41) is 4.00. The van der Waals surface area contributed by atoms with Crippen LogP contribution in [0.4, 0.5) is 0 Å². The van der Waals surface area contributed by atoms with Crippen molar-refractivity contribution < 1.29 is 18.8 Å². The number of hydrogen-bond acceptors (Lipinski definition) is 6. The van der Waals surface area contributed by atoms with Crippen LogP contribution in [0.15, 0.2) is 28.8 Å². The van der Waals surface area contributed by atoms with Gasteiger partial charge in [-0.25, -0.2) is 0 Å². The highest BCUT2D eigenvalue weighted by molar-refractivity contribution is 5.82. The van der Waals surface area contributed by atoms with Crippen molar-refractivity contribution in [3.8, 4) is 11.4 Å². The third-order valence-corrected chi connectivity index (χ3v) is 4.33. The molecule has 1 aromatic heterocycles. The fourth-order valence-electron chi connectivity index (χ4n) is 2.61. The van der Waals surface area contributed by atoms with Gasteiger partial charge in [0.15, 0.2) is 0 Å². The summed E-state index contributed by atoms with van der Waals surface area (Å²) in [6, 6.07) is 7.92. The molecule has 0 aliphatic rings. The Labute approximate surface area is 159 Å². The summed E-state index contributed by atoms with van der Waals surface area (Å²) in [4.78, 5) is 29.7. The minimum absolute atomic E-state index is 0.0652. The third kappa shape index (κ3) is 5.64. The monoisotopic (exact) mass is 373 g/mol. The highest BCUT2D eigenvalue weighted by Gasteiger charge is 2.21. The molecule has 0 atom stereocenters. The van der Waals surface area contributed by atoms with Crippen molar-refractivity contribution in [2.75, 3.05) is 13.7 Å².